The lowest BCUT2D eigenvalue weighted by Crippen LogP contribution is -2.54. The van der Waals surface area contributed by atoms with E-state index < -0.39 is 18.1 Å². The van der Waals surface area contributed by atoms with Gasteiger partial charge in [0, 0.05) is 54.0 Å². The Morgan fingerprint density at radius 1 is 1.10 bits per heavy atom. The molecule has 6 heteroatoms. The van der Waals surface area contributed by atoms with Crippen molar-refractivity contribution in [3.63, 3.8) is 0 Å². The van der Waals surface area contributed by atoms with Crippen molar-refractivity contribution in [2.45, 2.75) is 62.6 Å². The molecule has 0 saturated heterocycles. The summed E-state index contributed by atoms with van der Waals surface area (Å²) in [7, 11) is 3.75. The Balaban J connectivity index is 1.52. The predicted octanol–water partition coefficient (Wildman–Crippen LogP) is 2.69. The molecule has 3 aliphatic rings. The molecule has 2 atom stereocenters. The molecule has 160 valence electrons. The van der Waals surface area contributed by atoms with Gasteiger partial charge >= 0.3 is 0 Å². The number of aromatic nitrogens is 2. The van der Waals surface area contributed by atoms with E-state index in [0.717, 1.165) is 12.8 Å². The number of aliphatic hydroxyl groups excluding tert-OH is 2. The van der Waals surface area contributed by atoms with E-state index >= 15 is 0 Å². The van der Waals surface area contributed by atoms with Gasteiger partial charge in [0.1, 0.15) is 0 Å². The highest BCUT2D eigenvalue weighted by Crippen LogP contribution is 2.56. The summed E-state index contributed by atoms with van der Waals surface area (Å²) in [5, 5.41) is 25.0. The number of likely N-dealkylation sites (N-methyl/N-ethyl adjacent to an activating group) is 1. The number of nitrogens with one attached hydrogen (secondary N) is 1. The first-order valence-corrected chi connectivity index (χ1v) is 11.0. The molecule has 5 rings (SSSR count). The SMILES string of the molecule is Cc1[nH]n(C)c(=O)c1C1C(O)C(C=C2N(C)c3ccccc3C23CCCCC3)C1O. The Morgan fingerprint density at radius 3 is 2.40 bits per heavy atom. The molecule has 1 aliphatic heterocycles. The van der Waals surface area contributed by atoms with E-state index in [1.54, 1.807) is 7.05 Å². The van der Waals surface area contributed by atoms with Crippen molar-refractivity contribution >= 4 is 5.69 Å². The minimum absolute atomic E-state index is 0.0335. The molecular weight excluding hydrogens is 378 g/mol. The van der Waals surface area contributed by atoms with Crippen LogP contribution in [0.1, 0.15) is 54.8 Å². The largest absolute Gasteiger partial charge is 0.392 e. The molecule has 30 heavy (non-hydrogen) atoms. The number of aryl methyl sites for hydroxylation is 2. The van der Waals surface area contributed by atoms with E-state index in [1.165, 1.54) is 40.9 Å². The zero-order valence-electron chi connectivity index (χ0n) is 17.9. The maximum atomic E-state index is 12.5. The van der Waals surface area contributed by atoms with Crippen LogP contribution in [0.2, 0.25) is 0 Å². The lowest BCUT2D eigenvalue weighted by Gasteiger charge is -2.46. The normalized spacial score (nSPS) is 31.2. The van der Waals surface area contributed by atoms with Gasteiger partial charge in [-0.1, -0.05) is 43.5 Å². The van der Waals surface area contributed by atoms with Crippen LogP contribution in [0.5, 0.6) is 0 Å². The zero-order chi connectivity index (χ0) is 21.2. The summed E-state index contributed by atoms with van der Waals surface area (Å²) >= 11 is 0. The van der Waals surface area contributed by atoms with E-state index in [9.17, 15) is 15.0 Å². The van der Waals surface area contributed by atoms with Crippen LogP contribution < -0.4 is 10.5 Å². The minimum Gasteiger partial charge on any atom is -0.392 e. The predicted molar refractivity (Wildman–Crippen MR) is 117 cm³/mol. The summed E-state index contributed by atoms with van der Waals surface area (Å²) in [5.41, 5.74) is 4.80. The zero-order valence-corrected chi connectivity index (χ0v) is 17.9. The van der Waals surface area contributed by atoms with Crippen LogP contribution in [0.15, 0.2) is 40.8 Å². The van der Waals surface area contributed by atoms with Crippen molar-refractivity contribution < 1.29 is 10.2 Å². The molecule has 0 radical (unpaired) electrons. The summed E-state index contributed by atoms with van der Waals surface area (Å²) in [5.74, 6) is -0.923. The average molecular weight is 410 g/mol. The first-order valence-electron chi connectivity index (χ1n) is 11.0. The van der Waals surface area contributed by atoms with E-state index in [2.05, 4.69) is 47.4 Å². The van der Waals surface area contributed by atoms with Gasteiger partial charge in [0.25, 0.3) is 5.56 Å². The van der Waals surface area contributed by atoms with Crippen LogP contribution in [-0.4, -0.2) is 39.2 Å². The molecule has 3 N–H and O–H groups in total. The van der Waals surface area contributed by atoms with Crippen LogP contribution >= 0.6 is 0 Å². The molecule has 1 spiro atoms. The Bertz CT molecular complexity index is 1050. The number of para-hydroxylation sites is 1. The average Bonchev–Trinajstić information content (AvgIpc) is 3.12. The molecule has 2 aliphatic carbocycles. The fraction of sp³-hybridized carbons (Fsp3) is 0.542. The van der Waals surface area contributed by atoms with Gasteiger partial charge in [-0.05, 0) is 31.4 Å². The summed E-state index contributed by atoms with van der Waals surface area (Å²) in [6.45, 7) is 1.82. The lowest BCUT2D eigenvalue weighted by atomic mass is 9.63. The molecule has 1 aromatic carbocycles. The molecule has 2 fully saturated rings. The number of fused-ring (bicyclic) bond motifs is 2. The number of benzene rings is 1. The molecule has 2 aromatic rings. The van der Waals surface area contributed by atoms with Gasteiger partial charge in [-0.25, -0.2) is 0 Å². The Hall–Kier alpha value is -2.31. The third-order valence-corrected chi connectivity index (χ3v) is 7.82. The van der Waals surface area contributed by atoms with Gasteiger partial charge in [-0.2, -0.15) is 0 Å². The highest BCUT2D eigenvalue weighted by molar-refractivity contribution is 5.70. The molecule has 6 nitrogen and oxygen atoms in total. The molecule has 0 amide bonds. The van der Waals surface area contributed by atoms with Gasteiger partial charge in [0.2, 0.25) is 0 Å². The highest BCUT2D eigenvalue weighted by Gasteiger charge is 2.53. The summed E-state index contributed by atoms with van der Waals surface area (Å²) < 4.78 is 1.41. The minimum atomic E-state index is -0.771. The molecule has 1 aromatic heterocycles. The third kappa shape index (κ3) is 2.53. The number of hydrogen-bond donors (Lipinski definition) is 3. The van der Waals surface area contributed by atoms with Crippen molar-refractivity contribution in [3.8, 4) is 0 Å². The van der Waals surface area contributed by atoms with Crippen molar-refractivity contribution in [1.29, 1.82) is 0 Å². The topological polar surface area (TPSA) is 81.5 Å². The Morgan fingerprint density at radius 2 is 1.77 bits per heavy atom. The Labute approximate surface area is 176 Å². The second kappa shape index (κ2) is 6.86. The van der Waals surface area contributed by atoms with Crippen molar-refractivity contribution in [3.05, 3.63) is 63.2 Å². The molecule has 0 bridgehead atoms. The van der Waals surface area contributed by atoms with Crippen LogP contribution in [0.3, 0.4) is 0 Å². The highest BCUT2D eigenvalue weighted by atomic mass is 16.3. The second-order valence-corrected chi connectivity index (χ2v) is 9.37. The fourth-order valence-corrected chi connectivity index (χ4v) is 6.27. The van der Waals surface area contributed by atoms with Crippen LogP contribution in [0.4, 0.5) is 5.69 Å². The maximum absolute atomic E-state index is 12.5. The van der Waals surface area contributed by atoms with Crippen LogP contribution in [0, 0.1) is 12.8 Å². The van der Waals surface area contributed by atoms with Gasteiger partial charge in [-0.15, -0.1) is 0 Å². The summed E-state index contributed by atoms with van der Waals surface area (Å²) in [6, 6.07) is 8.58. The Kier molecular flexibility index (Phi) is 4.49. The number of H-pyrrole nitrogens is 1. The van der Waals surface area contributed by atoms with E-state index in [4.69, 9.17) is 0 Å². The smallest absolute Gasteiger partial charge is 0.270 e. The lowest BCUT2D eigenvalue weighted by molar-refractivity contribution is -0.0953. The van der Waals surface area contributed by atoms with Crippen molar-refractivity contribution in [1.82, 2.24) is 9.78 Å². The summed E-state index contributed by atoms with van der Waals surface area (Å²) in [6.07, 6.45) is 6.39. The van der Waals surface area contributed by atoms with Crippen LogP contribution in [0.25, 0.3) is 0 Å². The maximum Gasteiger partial charge on any atom is 0.270 e. The number of rotatable bonds is 2. The first-order chi connectivity index (χ1) is 14.4. The van der Waals surface area contributed by atoms with Gasteiger partial charge in [0.15, 0.2) is 0 Å². The fourth-order valence-electron chi connectivity index (χ4n) is 6.27. The molecule has 2 unspecified atom stereocenters. The quantitative estimate of drug-likeness (QED) is 0.712. The van der Waals surface area contributed by atoms with E-state index in [0.29, 0.717) is 11.3 Å². The monoisotopic (exact) mass is 409 g/mol. The molecular formula is C24H31N3O3. The first kappa shape index (κ1) is 19.6. The van der Waals surface area contributed by atoms with Gasteiger partial charge in [-0.3, -0.25) is 14.6 Å². The van der Waals surface area contributed by atoms with E-state index in [1.807, 2.05) is 6.92 Å². The van der Waals surface area contributed by atoms with Crippen molar-refractivity contribution in [2.24, 2.45) is 13.0 Å². The van der Waals surface area contributed by atoms with Crippen LogP contribution in [-0.2, 0) is 12.5 Å². The van der Waals surface area contributed by atoms with Gasteiger partial charge < -0.3 is 15.1 Å². The second-order valence-electron chi connectivity index (χ2n) is 9.37. The number of allylic oxidation sites excluding steroid dienone is 1. The standard InChI is InChI=1S/C24H31N3O3/c1-14-19(23(30)27(3)25-14)20-21(28)15(22(20)29)13-18-24(11-7-4-8-12-24)16-9-5-6-10-17(16)26(18)2/h5-6,9-10,13,15,20-22,25,28-29H,4,7-8,11-12H2,1-3H3. The third-order valence-electron chi connectivity index (χ3n) is 7.82. The summed E-state index contributed by atoms with van der Waals surface area (Å²) in [4.78, 5) is 14.7. The molecule has 2 saturated carbocycles. The van der Waals surface area contributed by atoms with E-state index in [-0.39, 0.29) is 16.9 Å². The number of aromatic amines is 1. The number of aliphatic hydroxyl groups is 2. The molecule has 2 heterocycles. The van der Waals surface area contributed by atoms with Crippen molar-refractivity contribution in [2.75, 3.05) is 11.9 Å². The number of nitrogens with zero attached hydrogens (tertiary/aromatic N) is 2. The van der Waals surface area contributed by atoms with Gasteiger partial charge in [0.05, 0.1) is 12.2 Å². The number of hydrogen-bond acceptors (Lipinski definition) is 4. The number of anilines is 1.